The predicted molar refractivity (Wildman–Crippen MR) is 72.4 cm³/mol. The van der Waals surface area contributed by atoms with E-state index in [1.165, 1.54) is 0 Å². The number of carbonyl (C=O) groups is 1. The lowest BCUT2D eigenvalue weighted by Gasteiger charge is -2.23. The first-order chi connectivity index (χ1) is 8.67. The van der Waals surface area contributed by atoms with Gasteiger partial charge in [0, 0.05) is 18.8 Å². The van der Waals surface area contributed by atoms with E-state index in [-0.39, 0.29) is 6.42 Å². The SMILES string of the molecule is CCCN(CCC(=O)O)c1ccc(OCC)cc1. The predicted octanol–water partition coefficient (Wildman–Crippen LogP) is 2.78. The highest BCUT2D eigenvalue weighted by Crippen LogP contribution is 2.20. The van der Waals surface area contributed by atoms with Crippen LogP contribution in [0.5, 0.6) is 5.75 Å². The molecule has 0 heterocycles. The maximum atomic E-state index is 10.6. The summed E-state index contributed by atoms with van der Waals surface area (Å²) in [6.07, 6.45) is 1.15. The molecule has 0 aliphatic rings. The Labute approximate surface area is 108 Å². The van der Waals surface area contributed by atoms with Gasteiger partial charge >= 0.3 is 5.97 Å². The fourth-order valence-corrected chi connectivity index (χ4v) is 1.79. The topological polar surface area (TPSA) is 49.8 Å². The van der Waals surface area contributed by atoms with Crippen molar-refractivity contribution in [1.82, 2.24) is 0 Å². The molecule has 0 aliphatic heterocycles. The van der Waals surface area contributed by atoms with Crippen LogP contribution in [-0.4, -0.2) is 30.8 Å². The standard InChI is InChI=1S/C14H21NO3/c1-3-10-15(11-9-14(16)17)12-5-7-13(8-6-12)18-4-2/h5-8H,3-4,9-11H2,1-2H3,(H,16,17). The number of nitrogens with zero attached hydrogens (tertiary/aromatic N) is 1. The Morgan fingerprint density at radius 3 is 2.39 bits per heavy atom. The van der Waals surface area contributed by atoms with Crippen LogP contribution >= 0.6 is 0 Å². The van der Waals surface area contributed by atoms with Crippen molar-refractivity contribution in [3.05, 3.63) is 24.3 Å². The van der Waals surface area contributed by atoms with Gasteiger partial charge in [0.1, 0.15) is 5.75 Å². The summed E-state index contributed by atoms with van der Waals surface area (Å²) in [6.45, 7) is 6.09. The molecule has 4 heteroatoms. The van der Waals surface area contributed by atoms with Crippen molar-refractivity contribution in [2.75, 3.05) is 24.6 Å². The average Bonchev–Trinajstić information content (AvgIpc) is 2.36. The summed E-state index contributed by atoms with van der Waals surface area (Å²) < 4.78 is 5.39. The molecule has 0 amide bonds. The van der Waals surface area contributed by atoms with Gasteiger partial charge in [-0.3, -0.25) is 4.79 Å². The van der Waals surface area contributed by atoms with Gasteiger partial charge in [0.15, 0.2) is 0 Å². The number of benzene rings is 1. The largest absolute Gasteiger partial charge is 0.494 e. The molecular weight excluding hydrogens is 230 g/mol. The molecule has 0 bridgehead atoms. The van der Waals surface area contributed by atoms with Crippen LogP contribution < -0.4 is 9.64 Å². The van der Waals surface area contributed by atoms with Crippen molar-refractivity contribution in [1.29, 1.82) is 0 Å². The van der Waals surface area contributed by atoms with Gasteiger partial charge in [-0.05, 0) is 37.6 Å². The monoisotopic (exact) mass is 251 g/mol. The van der Waals surface area contributed by atoms with E-state index in [1.807, 2.05) is 31.2 Å². The second kappa shape index (κ2) is 7.58. The van der Waals surface area contributed by atoms with Crippen LogP contribution in [0.3, 0.4) is 0 Å². The fourth-order valence-electron chi connectivity index (χ4n) is 1.79. The van der Waals surface area contributed by atoms with E-state index in [1.54, 1.807) is 0 Å². The molecule has 4 nitrogen and oxygen atoms in total. The minimum atomic E-state index is -0.762. The molecule has 0 radical (unpaired) electrons. The van der Waals surface area contributed by atoms with Gasteiger partial charge in [-0.15, -0.1) is 0 Å². The maximum absolute atomic E-state index is 10.6. The number of anilines is 1. The summed E-state index contributed by atoms with van der Waals surface area (Å²) >= 11 is 0. The van der Waals surface area contributed by atoms with Crippen LogP contribution in [0.4, 0.5) is 5.69 Å². The van der Waals surface area contributed by atoms with E-state index in [9.17, 15) is 4.79 Å². The maximum Gasteiger partial charge on any atom is 0.305 e. The number of ether oxygens (including phenoxy) is 1. The molecule has 1 aromatic carbocycles. The van der Waals surface area contributed by atoms with Crippen molar-refractivity contribution in [3.8, 4) is 5.75 Å². The summed E-state index contributed by atoms with van der Waals surface area (Å²) in [5.74, 6) is 0.0815. The van der Waals surface area contributed by atoms with Crippen LogP contribution in [0, 0.1) is 0 Å². The summed E-state index contributed by atoms with van der Waals surface area (Å²) in [4.78, 5) is 12.7. The number of aliphatic carboxylic acids is 1. The Morgan fingerprint density at radius 1 is 1.22 bits per heavy atom. The van der Waals surface area contributed by atoms with E-state index in [0.717, 1.165) is 24.4 Å². The van der Waals surface area contributed by atoms with Gasteiger partial charge < -0.3 is 14.7 Å². The molecule has 0 atom stereocenters. The van der Waals surface area contributed by atoms with E-state index in [4.69, 9.17) is 9.84 Å². The summed E-state index contributed by atoms with van der Waals surface area (Å²) in [7, 11) is 0. The van der Waals surface area contributed by atoms with Gasteiger partial charge in [0.25, 0.3) is 0 Å². The molecule has 0 saturated carbocycles. The molecule has 18 heavy (non-hydrogen) atoms. The highest BCUT2D eigenvalue weighted by Gasteiger charge is 2.07. The lowest BCUT2D eigenvalue weighted by atomic mass is 10.2. The molecule has 0 spiro atoms. The quantitative estimate of drug-likeness (QED) is 0.772. The lowest BCUT2D eigenvalue weighted by molar-refractivity contribution is -0.136. The van der Waals surface area contributed by atoms with Gasteiger partial charge in [-0.2, -0.15) is 0 Å². The average molecular weight is 251 g/mol. The van der Waals surface area contributed by atoms with Crippen LogP contribution in [0.1, 0.15) is 26.7 Å². The van der Waals surface area contributed by atoms with Crippen LogP contribution in [-0.2, 0) is 4.79 Å². The molecule has 1 rings (SSSR count). The van der Waals surface area contributed by atoms with Gasteiger partial charge in [-0.25, -0.2) is 0 Å². The van der Waals surface area contributed by atoms with E-state index in [2.05, 4.69) is 11.8 Å². The Bertz CT molecular complexity index is 362. The van der Waals surface area contributed by atoms with Gasteiger partial charge in [0.05, 0.1) is 13.0 Å². The fraction of sp³-hybridized carbons (Fsp3) is 0.500. The normalized spacial score (nSPS) is 10.1. The van der Waals surface area contributed by atoms with Crippen LogP contribution in [0.25, 0.3) is 0 Å². The molecule has 100 valence electrons. The van der Waals surface area contributed by atoms with Crippen LogP contribution in [0.2, 0.25) is 0 Å². The van der Waals surface area contributed by atoms with E-state index < -0.39 is 5.97 Å². The van der Waals surface area contributed by atoms with Crippen LogP contribution in [0.15, 0.2) is 24.3 Å². The molecule has 1 aromatic rings. The second-order valence-corrected chi connectivity index (χ2v) is 4.06. The third-order valence-electron chi connectivity index (χ3n) is 2.60. The minimum absolute atomic E-state index is 0.160. The first-order valence-corrected chi connectivity index (χ1v) is 6.37. The summed E-state index contributed by atoms with van der Waals surface area (Å²) in [6, 6.07) is 7.79. The number of rotatable bonds is 8. The number of carboxylic acid groups (broad SMARTS) is 1. The molecule has 0 saturated heterocycles. The Balaban J connectivity index is 2.68. The third kappa shape index (κ3) is 4.65. The van der Waals surface area contributed by atoms with E-state index in [0.29, 0.717) is 13.2 Å². The smallest absolute Gasteiger partial charge is 0.305 e. The molecule has 1 N–H and O–H groups in total. The molecule has 0 unspecified atom stereocenters. The summed E-state index contributed by atoms with van der Waals surface area (Å²) in [5, 5.41) is 8.74. The van der Waals surface area contributed by atoms with Crippen molar-refractivity contribution >= 4 is 11.7 Å². The number of hydrogen-bond donors (Lipinski definition) is 1. The Hall–Kier alpha value is -1.71. The van der Waals surface area contributed by atoms with E-state index >= 15 is 0 Å². The third-order valence-corrected chi connectivity index (χ3v) is 2.60. The highest BCUT2D eigenvalue weighted by atomic mass is 16.5. The van der Waals surface area contributed by atoms with Gasteiger partial charge in [-0.1, -0.05) is 6.92 Å². The molecule has 0 aromatic heterocycles. The zero-order chi connectivity index (χ0) is 13.4. The number of carboxylic acids is 1. The lowest BCUT2D eigenvalue weighted by Crippen LogP contribution is -2.26. The van der Waals surface area contributed by atoms with Crippen molar-refractivity contribution in [2.45, 2.75) is 26.7 Å². The Morgan fingerprint density at radius 2 is 1.89 bits per heavy atom. The first-order valence-electron chi connectivity index (χ1n) is 6.37. The first kappa shape index (κ1) is 14.4. The summed E-state index contributed by atoms with van der Waals surface area (Å²) in [5.41, 5.74) is 1.04. The van der Waals surface area contributed by atoms with Crippen molar-refractivity contribution in [3.63, 3.8) is 0 Å². The minimum Gasteiger partial charge on any atom is -0.494 e. The Kier molecular flexibility index (Phi) is 6.05. The molecular formula is C14H21NO3. The zero-order valence-electron chi connectivity index (χ0n) is 11.1. The zero-order valence-corrected chi connectivity index (χ0v) is 11.1. The molecule has 0 aliphatic carbocycles. The van der Waals surface area contributed by atoms with Crippen molar-refractivity contribution in [2.24, 2.45) is 0 Å². The second-order valence-electron chi connectivity index (χ2n) is 4.06. The number of hydrogen-bond acceptors (Lipinski definition) is 3. The van der Waals surface area contributed by atoms with Gasteiger partial charge in [0.2, 0.25) is 0 Å². The highest BCUT2D eigenvalue weighted by molar-refractivity contribution is 5.67. The van der Waals surface area contributed by atoms with Crippen molar-refractivity contribution < 1.29 is 14.6 Å². The molecule has 0 fully saturated rings.